The number of carbonyl (C=O) groups is 1. The number of rotatable bonds is 7. The van der Waals surface area contributed by atoms with Crippen molar-refractivity contribution < 1.29 is 9.53 Å². The van der Waals surface area contributed by atoms with Crippen LogP contribution in [0.3, 0.4) is 0 Å². The summed E-state index contributed by atoms with van der Waals surface area (Å²) in [4.78, 5) is 11.5. The molecule has 0 radical (unpaired) electrons. The molecule has 1 amide bonds. The first-order chi connectivity index (χ1) is 9.60. The van der Waals surface area contributed by atoms with Crippen molar-refractivity contribution in [2.45, 2.75) is 19.3 Å². The largest absolute Gasteiger partial charge is 0.397 e. The second-order valence-corrected chi connectivity index (χ2v) is 5.48. The van der Waals surface area contributed by atoms with E-state index in [2.05, 4.69) is 10.6 Å². The van der Waals surface area contributed by atoms with Crippen molar-refractivity contribution in [3.05, 3.63) is 23.8 Å². The van der Waals surface area contributed by atoms with E-state index in [1.807, 2.05) is 6.07 Å². The second kappa shape index (κ2) is 6.13. The lowest BCUT2D eigenvalue weighted by atomic mass is 10.0. The van der Waals surface area contributed by atoms with Gasteiger partial charge in [0.1, 0.15) is 0 Å². The number of nitrogen functional groups attached to an aromatic ring is 1. The highest BCUT2D eigenvalue weighted by Gasteiger charge is 2.41. The van der Waals surface area contributed by atoms with Gasteiger partial charge in [-0.2, -0.15) is 0 Å². The van der Waals surface area contributed by atoms with Crippen LogP contribution in [0, 0.1) is 5.41 Å². The van der Waals surface area contributed by atoms with E-state index in [0.717, 1.165) is 25.3 Å². The third-order valence-electron chi connectivity index (χ3n) is 3.99. The minimum atomic E-state index is -0.123. The van der Waals surface area contributed by atoms with Crippen LogP contribution in [0.1, 0.15) is 29.6 Å². The molecule has 0 unspecified atom stereocenters. The molecule has 0 bridgehead atoms. The zero-order chi connectivity index (χ0) is 14.6. The Balaban J connectivity index is 1.95. The van der Waals surface area contributed by atoms with Crippen molar-refractivity contribution in [3.8, 4) is 0 Å². The monoisotopic (exact) mass is 277 g/mol. The Morgan fingerprint density at radius 1 is 1.45 bits per heavy atom. The minimum Gasteiger partial charge on any atom is -0.397 e. The first-order valence-electron chi connectivity index (χ1n) is 6.95. The van der Waals surface area contributed by atoms with E-state index in [0.29, 0.717) is 16.7 Å². The summed E-state index contributed by atoms with van der Waals surface area (Å²) < 4.78 is 5.15. The number of amides is 1. The molecule has 1 aromatic carbocycles. The predicted octanol–water partition coefficient (Wildman–Crippen LogP) is 1.86. The molecule has 20 heavy (non-hydrogen) atoms. The van der Waals surface area contributed by atoms with Gasteiger partial charge in [-0.25, -0.2) is 0 Å². The fourth-order valence-electron chi connectivity index (χ4n) is 2.30. The first-order valence-corrected chi connectivity index (χ1v) is 6.95. The summed E-state index contributed by atoms with van der Waals surface area (Å²) in [7, 11) is 3.34. The first kappa shape index (κ1) is 14.7. The van der Waals surface area contributed by atoms with Crippen molar-refractivity contribution in [1.82, 2.24) is 5.32 Å². The van der Waals surface area contributed by atoms with Gasteiger partial charge in [0.25, 0.3) is 5.91 Å². The molecule has 0 atom stereocenters. The van der Waals surface area contributed by atoms with Gasteiger partial charge >= 0.3 is 0 Å². The Morgan fingerprint density at radius 3 is 2.75 bits per heavy atom. The summed E-state index contributed by atoms with van der Waals surface area (Å²) in [5.41, 5.74) is 8.43. The zero-order valence-electron chi connectivity index (χ0n) is 12.2. The van der Waals surface area contributed by atoms with Gasteiger partial charge in [-0.15, -0.1) is 0 Å². The number of anilines is 2. The second-order valence-electron chi connectivity index (χ2n) is 5.48. The lowest BCUT2D eigenvalue weighted by Gasteiger charge is -2.17. The molecule has 110 valence electrons. The van der Waals surface area contributed by atoms with Gasteiger partial charge in [-0.1, -0.05) is 0 Å². The Bertz CT molecular complexity index is 484. The Hall–Kier alpha value is -1.75. The molecule has 0 saturated heterocycles. The number of carbonyl (C=O) groups excluding carboxylic acids is 1. The topological polar surface area (TPSA) is 76.4 Å². The summed E-state index contributed by atoms with van der Waals surface area (Å²) in [6, 6.07) is 5.36. The predicted molar refractivity (Wildman–Crippen MR) is 80.9 cm³/mol. The number of hydrogen-bond acceptors (Lipinski definition) is 4. The number of methoxy groups -OCH3 is 1. The van der Waals surface area contributed by atoms with E-state index in [4.69, 9.17) is 10.5 Å². The van der Waals surface area contributed by atoms with Crippen molar-refractivity contribution in [1.29, 1.82) is 0 Å². The molecule has 2 rings (SSSR count). The minimum absolute atomic E-state index is 0.123. The molecular formula is C15H23N3O2. The van der Waals surface area contributed by atoms with Crippen LogP contribution in [-0.2, 0) is 4.74 Å². The fourth-order valence-corrected chi connectivity index (χ4v) is 2.30. The molecule has 5 nitrogen and oxygen atoms in total. The summed E-state index contributed by atoms with van der Waals surface area (Å²) in [5, 5.41) is 5.99. The van der Waals surface area contributed by atoms with E-state index in [-0.39, 0.29) is 5.91 Å². The number of benzene rings is 1. The van der Waals surface area contributed by atoms with Gasteiger partial charge in [0.2, 0.25) is 0 Å². The van der Waals surface area contributed by atoms with Crippen LogP contribution in [0.15, 0.2) is 18.2 Å². The maximum absolute atomic E-state index is 11.5. The van der Waals surface area contributed by atoms with Crippen molar-refractivity contribution in [2.75, 3.05) is 38.4 Å². The zero-order valence-corrected chi connectivity index (χ0v) is 12.2. The van der Waals surface area contributed by atoms with Gasteiger partial charge in [0.05, 0.1) is 11.4 Å². The van der Waals surface area contributed by atoms with Crippen LogP contribution in [-0.4, -0.2) is 33.2 Å². The molecule has 0 aliphatic heterocycles. The molecule has 1 aliphatic carbocycles. The van der Waals surface area contributed by atoms with Crippen LogP contribution in [0.25, 0.3) is 0 Å². The Morgan fingerprint density at radius 2 is 2.20 bits per heavy atom. The van der Waals surface area contributed by atoms with E-state index >= 15 is 0 Å². The molecule has 5 heteroatoms. The SMILES string of the molecule is CNC(=O)c1ccc(NCC2(CCOC)CC2)c(N)c1. The average molecular weight is 277 g/mol. The highest BCUT2D eigenvalue weighted by molar-refractivity contribution is 5.95. The Kier molecular flexibility index (Phi) is 4.49. The molecule has 1 aliphatic rings. The van der Waals surface area contributed by atoms with Gasteiger partial charge in [0.15, 0.2) is 0 Å². The van der Waals surface area contributed by atoms with Crippen molar-refractivity contribution >= 4 is 17.3 Å². The van der Waals surface area contributed by atoms with E-state index < -0.39 is 0 Å². The highest BCUT2D eigenvalue weighted by Crippen LogP contribution is 2.48. The van der Waals surface area contributed by atoms with Gasteiger partial charge in [-0.05, 0) is 42.9 Å². The van der Waals surface area contributed by atoms with E-state index in [1.165, 1.54) is 12.8 Å². The number of ether oxygens (including phenoxy) is 1. The number of hydrogen-bond donors (Lipinski definition) is 3. The third-order valence-corrected chi connectivity index (χ3v) is 3.99. The molecule has 0 aromatic heterocycles. The van der Waals surface area contributed by atoms with Crippen LogP contribution in [0.2, 0.25) is 0 Å². The van der Waals surface area contributed by atoms with Crippen LogP contribution in [0.5, 0.6) is 0 Å². The van der Waals surface area contributed by atoms with Crippen molar-refractivity contribution in [2.24, 2.45) is 5.41 Å². The molecule has 0 spiro atoms. The maximum Gasteiger partial charge on any atom is 0.251 e. The third kappa shape index (κ3) is 3.42. The molecule has 1 saturated carbocycles. The normalized spacial score (nSPS) is 15.7. The molecule has 4 N–H and O–H groups in total. The van der Waals surface area contributed by atoms with Gasteiger partial charge in [-0.3, -0.25) is 4.79 Å². The summed E-state index contributed by atoms with van der Waals surface area (Å²) in [5.74, 6) is -0.123. The van der Waals surface area contributed by atoms with Crippen molar-refractivity contribution in [3.63, 3.8) is 0 Å². The average Bonchev–Trinajstić information content (AvgIpc) is 3.23. The standard InChI is InChI=1S/C15H23N3O2/c1-17-14(19)11-3-4-13(12(16)9-11)18-10-15(5-6-15)7-8-20-2/h3-4,9,18H,5-8,10,16H2,1-2H3,(H,17,19). The fraction of sp³-hybridized carbons (Fsp3) is 0.533. The quantitative estimate of drug-likeness (QED) is 0.665. The lowest BCUT2D eigenvalue weighted by molar-refractivity contribution is 0.0963. The van der Waals surface area contributed by atoms with Crippen LogP contribution in [0.4, 0.5) is 11.4 Å². The summed E-state index contributed by atoms with van der Waals surface area (Å²) in [6.45, 7) is 1.70. The van der Waals surface area contributed by atoms with E-state index in [1.54, 1.807) is 26.3 Å². The molecule has 1 aromatic rings. The molecule has 1 fully saturated rings. The number of nitrogens with two attached hydrogens (primary N) is 1. The maximum atomic E-state index is 11.5. The number of nitrogens with one attached hydrogen (secondary N) is 2. The Labute approximate surface area is 119 Å². The van der Waals surface area contributed by atoms with Gasteiger partial charge < -0.3 is 21.1 Å². The smallest absolute Gasteiger partial charge is 0.251 e. The summed E-state index contributed by atoms with van der Waals surface area (Å²) >= 11 is 0. The molecule has 0 heterocycles. The lowest BCUT2D eigenvalue weighted by Crippen LogP contribution is -2.19. The van der Waals surface area contributed by atoms with Gasteiger partial charge in [0, 0.05) is 32.9 Å². The van der Waals surface area contributed by atoms with E-state index in [9.17, 15) is 4.79 Å². The van der Waals surface area contributed by atoms with Crippen LogP contribution < -0.4 is 16.4 Å². The summed E-state index contributed by atoms with van der Waals surface area (Å²) in [6.07, 6.45) is 3.55. The van der Waals surface area contributed by atoms with Crippen LogP contribution >= 0.6 is 0 Å². The highest BCUT2D eigenvalue weighted by atomic mass is 16.5. The molecular weight excluding hydrogens is 254 g/mol.